The molecule has 0 aliphatic heterocycles. The van der Waals surface area contributed by atoms with E-state index in [0.717, 1.165) is 0 Å². The zero-order chi connectivity index (χ0) is 14.8. The first kappa shape index (κ1) is 12.8. The van der Waals surface area contributed by atoms with Gasteiger partial charge in [-0.1, -0.05) is 97.1 Å². The van der Waals surface area contributed by atoms with Crippen LogP contribution in [0, 0.1) is 0 Å². The SMILES string of the molecule is C(=C\c1cccc2c1ccc1ccccc12)/c1ccccc1. The molecule has 0 radical (unpaired) electrons. The Hall–Kier alpha value is -2.86. The summed E-state index contributed by atoms with van der Waals surface area (Å²) in [7, 11) is 0. The highest BCUT2D eigenvalue weighted by Crippen LogP contribution is 2.28. The summed E-state index contributed by atoms with van der Waals surface area (Å²) in [5.74, 6) is 0. The van der Waals surface area contributed by atoms with E-state index in [2.05, 4.69) is 91.0 Å². The van der Waals surface area contributed by atoms with Crippen molar-refractivity contribution in [3.05, 3.63) is 96.1 Å². The summed E-state index contributed by atoms with van der Waals surface area (Å²) in [6.07, 6.45) is 4.37. The van der Waals surface area contributed by atoms with Crippen LogP contribution in [0.1, 0.15) is 11.1 Å². The van der Waals surface area contributed by atoms with E-state index in [1.165, 1.54) is 32.7 Å². The van der Waals surface area contributed by atoms with Crippen LogP contribution < -0.4 is 0 Å². The third kappa shape index (κ3) is 2.29. The van der Waals surface area contributed by atoms with Gasteiger partial charge in [0.1, 0.15) is 0 Å². The van der Waals surface area contributed by atoms with E-state index in [0.29, 0.717) is 0 Å². The van der Waals surface area contributed by atoms with E-state index >= 15 is 0 Å². The monoisotopic (exact) mass is 280 g/mol. The number of fused-ring (bicyclic) bond motifs is 3. The minimum atomic E-state index is 1.22. The summed E-state index contributed by atoms with van der Waals surface area (Å²) in [6, 6.07) is 29.9. The highest BCUT2D eigenvalue weighted by molar-refractivity contribution is 6.10. The molecule has 0 amide bonds. The van der Waals surface area contributed by atoms with E-state index in [-0.39, 0.29) is 0 Å². The summed E-state index contributed by atoms with van der Waals surface area (Å²) >= 11 is 0. The third-order valence-electron chi connectivity index (χ3n) is 4.08. The zero-order valence-electron chi connectivity index (χ0n) is 12.2. The standard InChI is InChI=1S/C22H16/c1-2-7-17(8-3-1)13-14-19-10-6-12-22-20-11-5-4-9-18(20)15-16-21(19)22/h1-16H/b14-13+. The third-order valence-corrected chi connectivity index (χ3v) is 4.08. The fraction of sp³-hybridized carbons (Fsp3) is 0. The highest BCUT2D eigenvalue weighted by Gasteiger charge is 2.02. The molecule has 0 aliphatic carbocycles. The summed E-state index contributed by atoms with van der Waals surface area (Å²) in [6.45, 7) is 0. The zero-order valence-corrected chi connectivity index (χ0v) is 12.2. The smallest absolute Gasteiger partial charge is 0.00994 e. The Morgan fingerprint density at radius 1 is 0.455 bits per heavy atom. The molecule has 0 atom stereocenters. The lowest BCUT2D eigenvalue weighted by atomic mass is 9.98. The van der Waals surface area contributed by atoms with Gasteiger partial charge >= 0.3 is 0 Å². The summed E-state index contributed by atoms with van der Waals surface area (Å²) in [5, 5.41) is 5.22. The second-order valence-corrected chi connectivity index (χ2v) is 5.47. The minimum absolute atomic E-state index is 1.22. The molecular formula is C22H16. The molecule has 0 heterocycles. The lowest BCUT2D eigenvalue weighted by Crippen LogP contribution is -1.81. The highest BCUT2D eigenvalue weighted by atomic mass is 14.1. The first-order valence-electron chi connectivity index (χ1n) is 7.55. The van der Waals surface area contributed by atoms with Crippen molar-refractivity contribution in [2.24, 2.45) is 0 Å². The summed E-state index contributed by atoms with van der Waals surface area (Å²) < 4.78 is 0. The van der Waals surface area contributed by atoms with Crippen molar-refractivity contribution in [2.75, 3.05) is 0 Å². The topological polar surface area (TPSA) is 0 Å². The quantitative estimate of drug-likeness (QED) is 0.304. The van der Waals surface area contributed by atoms with Crippen molar-refractivity contribution in [3.8, 4) is 0 Å². The van der Waals surface area contributed by atoms with Crippen LogP contribution >= 0.6 is 0 Å². The molecule has 0 bridgehead atoms. The molecule has 0 aliphatic rings. The molecule has 0 fully saturated rings. The Morgan fingerprint density at radius 3 is 2.14 bits per heavy atom. The van der Waals surface area contributed by atoms with Crippen LogP contribution in [-0.2, 0) is 0 Å². The van der Waals surface area contributed by atoms with Crippen molar-refractivity contribution in [1.29, 1.82) is 0 Å². The van der Waals surface area contributed by atoms with E-state index < -0.39 is 0 Å². The van der Waals surface area contributed by atoms with Gasteiger partial charge in [-0.3, -0.25) is 0 Å². The Bertz CT molecular complexity index is 963. The maximum Gasteiger partial charge on any atom is -0.00994 e. The average molecular weight is 280 g/mol. The Morgan fingerprint density at radius 2 is 1.23 bits per heavy atom. The van der Waals surface area contributed by atoms with Gasteiger partial charge in [0.15, 0.2) is 0 Å². The van der Waals surface area contributed by atoms with Gasteiger partial charge in [0.05, 0.1) is 0 Å². The molecule has 22 heavy (non-hydrogen) atoms. The van der Waals surface area contributed by atoms with Crippen LogP contribution in [0.5, 0.6) is 0 Å². The van der Waals surface area contributed by atoms with Gasteiger partial charge in [-0.2, -0.15) is 0 Å². The molecule has 4 rings (SSSR count). The van der Waals surface area contributed by atoms with E-state index in [4.69, 9.17) is 0 Å². The van der Waals surface area contributed by atoms with Crippen molar-refractivity contribution in [1.82, 2.24) is 0 Å². The normalized spacial score (nSPS) is 11.5. The Labute approximate surface area is 130 Å². The van der Waals surface area contributed by atoms with E-state index in [1.54, 1.807) is 0 Å². The van der Waals surface area contributed by atoms with Gasteiger partial charge < -0.3 is 0 Å². The number of benzene rings is 4. The predicted octanol–water partition coefficient (Wildman–Crippen LogP) is 6.16. The van der Waals surface area contributed by atoms with Crippen LogP contribution in [-0.4, -0.2) is 0 Å². The van der Waals surface area contributed by atoms with Gasteiger partial charge in [0.2, 0.25) is 0 Å². The molecule has 4 aromatic carbocycles. The molecule has 0 nitrogen and oxygen atoms in total. The largest absolute Gasteiger partial charge is 0.0622 e. The van der Waals surface area contributed by atoms with Crippen molar-refractivity contribution < 1.29 is 0 Å². The van der Waals surface area contributed by atoms with E-state index in [1.807, 2.05) is 6.07 Å². The van der Waals surface area contributed by atoms with Crippen LogP contribution in [0.2, 0.25) is 0 Å². The number of hydrogen-bond acceptors (Lipinski definition) is 0. The molecule has 0 unspecified atom stereocenters. The van der Waals surface area contributed by atoms with Gasteiger partial charge in [-0.15, -0.1) is 0 Å². The first-order chi connectivity index (χ1) is 10.9. The molecular weight excluding hydrogens is 264 g/mol. The second-order valence-electron chi connectivity index (χ2n) is 5.47. The summed E-state index contributed by atoms with van der Waals surface area (Å²) in [5.41, 5.74) is 2.48. The number of rotatable bonds is 2. The maximum atomic E-state index is 2.22. The van der Waals surface area contributed by atoms with Crippen LogP contribution in [0.4, 0.5) is 0 Å². The Balaban J connectivity index is 1.88. The van der Waals surface area contributed by atoms with Gasteiger partial charge in [0.25, 0.3) is 0 Å². The Kier molecular flexibility index (Phi) is 3.21. The average Bonchev–Trinajstić information content (AvgIpc) is 2.60. The molecule has 0 saturated carbocycles. The molecule has 4 aromatic rings. The van der Waals surface area contributed by atoms with Crippen LogP contribution in [0.25, 0.3) is 33.7 Å². The molecule has 104 valence electrons. The fourth-order valence-electron chi connectivity index (χ4n) is 2.96. The molecule has 0 spiro atoms. The van der Waals surface area contributed by atoms with Crippen LogP contribution in [0.15, 0.2) is 84.9 Å². The molecule has 0 saturated heterocycles. The van der Waals surface area contributed by atoms with Crippen LogP contribution in [0.3, 0.4) is 0 Å². The molecule has 0 aromatic heterocycles. The molecule has 0 heteroatoms. The van der Waals surface area contributed by atoms with Gasteiger partial charge in [-0.25, -0.2) is 0 Å². The van der Waals surface area contributed by atoms with Crippen molar-refractivity contribution >= 4 is 33.7 Å². The lowest BCUT2D eigenvalue weighted by Gasteiger charge is -2.06. The first-order valence-corrected chi connectivity index (χ1v) is 7.55. The summed E-state index contributed by atoms with van der Waals surface area (Å²) in [4.78, 5) is 0. The minimum Gasteiger partial charge on any atom is -0.0622 e. The van der Waals surface area contributed by atoms with Gasteiger partial charge in [0, 0.05) is 0 Å². The van der Waals surface area contributed by atoms with Crippen molar-refractivity contribution in [2.45, 2.75) is 0 Å². The van der Waals surface area contributed by atoms with Crippen molar-refractivity contribution in [3.63, 3.8) is 0 Å². The van der Waals surface area contributed by atoms with E-state index in [9.17, 15) is 0 Å². The lowest BCUT2D eigenvalue weighted by molar-refractivity contribution is 1.66. The second kappa shape index (κ2) is 5.50. The number of hydrogen-bond donors (Lipinski definition) is 0. The maximum absolute atomic E-state index is 2.22. The molecule has 0 N–H and O–H groups in total. The van der Waals surface area contributed by atoms with Gasteiger partial charge in [-0.05, 0) is 32.7 Å². The predicted molar refractivity (Wildman–Crippen MR) is 96.8 cm³/mol. The fourth-order valence-corrected chi connectivity index (χ4v) is 2.96.